The number of furan rings is 1. The van der Waals surface area contributed by atoms with Crippen LogP contribution in [0.2, 0.25) is 0 Å². The Morgan fingerprint density at radius 3 is 2.78 bits per heavy atom. The van der Waals surface area contributed by atoms with Crippen molar-refractivity contribution in [2.45, 2.75) is 56.6 Å². The van der Waals surface area contributed by atoms with Crippen LogP contribution in [0.3, 0.4) is 0 Å². The van der Waals surface area contributed by atoms with Crippen LogP contribution in [-0.4, -0.2) is 46.6 Å². The molecule has 1 saturated carbocycles. The summed E-state index contributed by atoms with van der Waals surface area (Å²) in [5.41, 5.74) is -0.789. The first-order valence-electron chi connectivity index (χ1n) is 8.44. The number of carbonyl (C=O) groups is 2. The summed E-state index contributed by atoms with van der Waals surface area (Å²) in [7, 11) is 0. The Labute approximate surface area is 135 Å². The van der Waals surface area contributed by atoms with Crippen LogP contribution >= 0.6 is 0 Å². The minimum Gasteiger partial charge on any atom is -0.459 e. The van der Waals surface area contributed by atoms with Crippen LogP contribution in [0.1, 0.15) is 55.5 Å². The lowest BCUT2D eigenvalue weighted by Gasteiger charge is -2.33. The van der Waals surface area contributed by atoms with Crippen LogP contribution in [0, 0.1) is 0 Å². The molecule has 1 aromatic rings. The lowest BCUT2D eigenvalue weighted by atomic mass is 9.85. The Morgan fingerprint density at radius 1 is 1.30 bits per heavy atom. The topological polar surface area (TPSA) is 82.8 Å². The van der Waals surface area contributed by atoms with Crippen molar-refractivity contribution in [3.05, 3.63) is 24.2 Å². The molecule has 2 N–H and O–H groups in total. The third-order valence-electron chi connectivity index (χ3n) is 4.92. The van der Waals surface area contributed by atoms with Gasteiger partial charge in [-0.05, 0) is 37.8 Å². The largest absolute Gasteiger partial charge is 0.459 e. The molecular weight excluding hydrogens is 296 g/mol. The van der Waals surface area contributed by atoms with Crippen molar-refractivity contribution in [2.75, 3.05) is 13.1 Å². The van der Waals surface area contributed by atoms with Crippen LogP contribution in [0.4, 0.5) is 0 Å². The molecule has 1 aliphatic carbocycles. The van der Waals surface area contributed by atoms with Crippen molar-refractivity contribution in [3.63, 3.8) is 0 Å². The molecule has 23 heavy (non-hydrogen) atoms. The summed E-state index contributed by atoms with van der Waals surface area (Å²) in [4.78, 5) is 26.4. The summed E-state index contributed by atoms with van der Waals surface area (Å²) in [5.74, 6) is -0.166. The van der Waals surface area contributed by atoms with Gasteiger partial charge in [0.05, 0.1) is 11.9 Å². The van der Waals surface area contributed by atoms with E-state index in [1.165, 1.54) is 6.26 Å². The van der Waals surface area contributed by atoms with Gasteiger partial charge in [-0.2, -0.15) is 0 Å². The van der Waals surface area contributed by atoms with Crippen LogP contribution < -0.4 is 5.32 Å². The molecule has 2 fully saturated rings. The van der Waals surface area contributed by atoms with E-state index in [2.05, 4.69) is 5.32 Å². The van der Waals surface area contributed by atoms with E-state index < -0.39 is 11.6 Å². The molecule has 1 unspecified atom stereocenters. The van der Waals surface area contributed by atoms with Crippen LogP contribution in [0.25, 0.3) is 0 Å². The maximum Gasteiger partial charge on any atom is 0.290 e. The second-order valence-corrected chi connectivity index (χ2v) is 6.64. The average molecular weight is 320 g/mol. The van der Waals surface area contributed by atoms with E-state index in [0.29, 0.717) is 13.0 Å². The molecule has 0 bridgehead atoms. The summed E-state index contributed by atoms with van der Waals surface area (Å²) in [6.45, 7) is 0.826. The Kier molecular flexibility index (Phi) is 4.71. The van der Waals surface area contributed by atoms with Gasteiger partial charge in [-0.25, -0.2) is 0 Å². The number of nitrogens with zero attached hydrogens (tertiary/aromatic N) is 1. The smallest absolute Gasteiger partial charge is 0.290 e. The number of hydrogen-bond donors (Lipinski definition) is 2. The van der Waals surface area contributed by atoms with Crippen LogP contribution in [0.15, 0.2) is 22.8 Å². The molecule has 1 aliphatic heterocycles. The number of hydrogen-bond acceptors (Lipinski definition) is 4. The zero-order valence-electron chi connectivity index (χ0n) is 13.3. The molecule has 1 aromatic heterocycles. The Morgan fingerprint density at radius 2 is 2.09 bits per heavy atom. The first-order chi connectivity index (χ1) is 11.1. The molecule has 126 valence electrons. The number of likely N-dealkylation sites (tertiary alicyclic amines) is 1. The van der Waals surface area contributed by atoms with E-state index in [-0.39, 0.29) is 24.1 Å². The molecule has 6 nitrogen and oxygen atoms in total. The number of amides is 2. The fourth-order valence-corrected chi connectivity index (χ4v) is 3.58. The van der Waals surface area contributed by atoms with Crippen molar-refractivity contribution >= 4 is 11.8 Å². The average Bonchev–Trinajstić information content (AvgIpc) is 3.24. The second-order valence-electron chi connectivity index (χ2n) is 6.64. The van der Waals surface area contributed by atoms with Crippen molar-refractivity contribution in [3.8, 4) is 0 Å². The predicted octanol–water partition coefficient (Wildman–Crippen LogP) is 1.70. The van der Waals surface area contributed by atoms with Crippen molar-refractivity contribution < 1.29 is 19.1 Å². The maximum atomic E-state index is 12.5. The Balaban J connectivity index is 1.58. The molecule has 0 radical (unpaired) electrons. The van der Waals surface area contributed by atoms with Gasteiger partial charge >= 0.3 is 0 Å². The second kappa shape index (κ2) is 6.74. The van der Waals surface area contributed by atoms with E-state index in [1.807, 2.05) is 0 Å². The summed E-state index contributed by atoms with van der Waals surface area (Å²) in [6.07, 6.45) is 7.50. The SMILES string of the molecule is O=C(NCC1(O)CCCCC1)C1CCCN1C(=O)c1ccco1. The molecular formula is C17H24N2O4. The molecule has 0 spiro atoms. The fourth-order valence-electron chi connectivity index (χ4n) is 3.58. The molecule has 0 aromatic carbocycles. The van der Waals surface area contributed by atoms with Gasteiger partial charge in [0.1, 0.15) is 6.04 Å². The van der Waals surface area contributed by atoms with E-state index in [1.54, 1.807) is 17.0 Å². The molecule has 2 aliphatic rings. The summed E-state index contributed by atoms with van der Waals surface area (Å²) in [5, 5.41) is 13.3. The number of carbonyl (C=O) groups excluding carboxylic acids is 2. The minimum absolute atomic E-state index is 0.179. The number of rotatable bonds is 4. The van der Waals surface area contributed by atoms with Gasteiger partial charge in [0.2, 0.25) is 5.91 Å². The zero-order chi connectivity index (χ0) is 16.3. The van der Waals surface area contributed by atoms with Crippen molar-refractivity contribution in [1.82, 2.24) is 10.2 Å². The third-order valence-corrected chi connectivity index (χ3v) is 4.92. The van der Waals surface area contributed by atoms with E-state index in [4.69, 9.17) is 4.42 Å². The fraction of sp³-hybridized carbons (Fsp3) is 0.647. The van der Waals surface area contributed by atoms with Gasteiger partial charge in [-0.1, -0.05) is 19.3 Å². The third kappa shape index (κ3) is 3.58. The molecule has 6 heteroatoms. The highest BCUT2D eigenvalue weighted by atomic mass is 16.3. The first-order valence-corrected chi connectivity index (χ1v) is 8.44. The summed E-state index contributed by atoms with van der Waals surface area (Å²) in [6, 6.07) is 2.80. The highest BCUT2D eigenvalue weighted by molar-refractivity contribution is 5.95. The maximum absolute atomic E-state index is 12.5. The highest BCUT2D eigenvalue weighted by Crippen LogP contribution is 2.27. The lowest BCUT2D eigenvalue weighted by molar-refractivity contribution is -0.126. The van der Waals surface area contributed by atoms with Crippen molar-refractivity contribution in [2.24, 2.45) is 0 Å². The van der Waals surface area contributed by atoms with E-state index in [9.17, 15) is 14.7 Å². The summed E-state index contributed by atoms with van der Waals surface area (Å²) < 4.78 is 5.14. The monoisotopic (exact) mass is 320 g/mol. The minimum atomic E-state index is -0.789. The Bertz CT molecular complexity index is 549. The van der Waals surface area contributed by atoms with Gasteiger partial charge in [0.25, 0.3) is 5.91 Å². The lowest BCUT2D eigenvalue weighted by Crippen LogP contribution is -2.50. The number of aliphatic hydroxyl groups is 1. The quantitative estimate of drug-likeness (QED) is 0.884. The first kappa shape index (κ1) is 16.1. The molecule has 3 rings (SSSR count). The van der Waals surface area contributed by atoms with Gasteiger partial charge in [-0.15, -0.1) is 0 Å². The van der Waals surface area contributed by atoms with Gasteiger partial charge in [-0.3, -0.25) is 9.59 Å². The standard InChI is InChI=1S/C17H24N2O4/c20-15(18-12-17(22)8-2-1-3-9-17)13-6-4-10-19(13)16(21)14-7-5-11-23-14/h5,7,11,13,22H,1-4,6,8-10,12H2,(H,18,20). The van der Waals surface area contributed by atoms with Gasteiger partial charge in [0, 0.05) is 13.1 Å². The zero-order valence-corrected chi connectivity index (χ0v) is 13.3. The molecule has 1 saturated heterocycles. The van der Waals surface area contributed by atoms with Crippen molar-refractivity contribution in [1.29, 1.82) is 0 Å². The molecule has 2 amide bonds. The molecule has 2 heterocycles. The number of nitrogens with one attached hydrogen (secondary N) is 1. The van der Waals surface area contributed by atoms with E-state index >= 15 is 0 Å². The van der Waals surface area contributed by atoms with Gasteiger partial charge < -0.3 is 19.7 Å². The van der Waals surface area contributed by atoms with Crippen LogP contribution in [-0.2, 0) is 4.79 Å². The normalized spacial score (nSPS) is 23.7. The van der Waals surface area contributed by atoms with E-state index in [0.717, 1.165) is 38.5 Å². The van der Waals surface area contributed by atoms with Crippen LogP contribution in [0.5, 0.6) is 0 Å². The Hall–Kier alpha value is -1.82. The molecule has 1 atom stereocenters. The van der Waals surface area contributed by atoms with Gasteiger partial charge in [0.15, 0.2) is 5.76 Å². The summed E-state index contributed by atoms with van der Waals surface area (Å²) >= 11 is 0. The predicted molar refractivity (Wildman–Crippen MR) is 83.8 cm³/mol. The highest BCUT2D eigenvalue weighted by Gasteiger charge is 2.37.